The lowest BCUT2D eigenvalue weighted by Gasteiger charge is -1.98. The molecule has 2 aromatic heterocycles. The van der Waals surface area contributed by atoms with Crippen LogP contribution in [-0.2, 0) is 0 Å². The SMILES string of the molecule is C=Cc1cc(Br)n2nccc2c1. The highest BCUT2D eigenvalue weighted by molar-refractivity contribution is 9.10. The molecule has 0 spiro atoms. The molecule has 0 saturated carbocycles. The number of halogens is 1. The number of fused-ring (bicyclic) bond motifs is 1. The highest BCUT2D eigenvalue weighted by Gasteiger charge is 1.98. The molecule has 0 radical (unpaired) electrons. The van der Waals surface area contributed by atoms with Crippen LogP contribution in [0.4, 0.5) is 0 Å². The van der Waals surface area contributed by atoms with Crippen molar-refractivity contribution in [3.05, 3.63) is 41.1 Å². The number of hydrogen-bond donors (Lipinski definition) is 0. The van der Waals surface area contributed by atoms with Crippen LogP contribution in [0.15, 0.2) is 35.6 Å². The molecule has 0 aromatic carbocycles. The summed E-state index contributed by atoms with van der Waals surface area (Å²) in [5.74, 6) is 0. The molecule has 2 rings (SSSR count). The van der Waals surface area contributed by atoms with E-state index in [1.807, 2.05) is 28.8 Å². The summed E-state index contributed by atoms with van der Waals surface area (Å²) in [6.45, 7) is 3.71. The number of hydrogen-bond acceptors (Lipinski definition) is 1. The van der Waals surface area contributed by atoms with Crippen molar-refractivity contribution in [1.29, 1.82) is 0 Å². The van der Waals surface area contributed by atoms with E-state index < -0.39 is 0 Å². The predicted molar refractivity (Wildman–Crippen MR) is 53.0 cm³/mol. The van der Waals surface area contributed by atoms with Gasteiger partial charge in [0.25, 0.3) is 0 Å². The first-order chi connectivity index (χ1) is 5.81. The Balaban J connectivity index is 2.83. The van der Waals surface area contributed by atoms with Gasteiger partial charge in [-0.2, -0.15) is 5.10 Å². The standard InChI is InChI=1S/C9H7BrN2/c1-2-7-5-8-3-4-11-12(8)9(10)6-7/h2-6H,1H2. The van der Waals surface area contributed by atoms with Crippen LogP contribution in [-0.4, -0.2) is 9.61 Å². The fraction of sp³-hybridized carbons (Fsp3) is 0. The van der Waals surface area contributed by atoms with Crippen LogP contribution in [0.1, 0.15) is 5.56 Å². The molecular formula is C9H7BrN2. The largest absolute Gasteiger partial charge is 0.227 e. The van der Waals surface area contributed by atoms with E-state index in [9.17, 15) is 0 Å². The number of rotatable bonds is 1. The Labute approximate surface area is 78.6 Å². The normalized spacial score (nSPS) is 10.4. The maximum Gasteiger partial charge on any atom is 0.108 e. The first-order valence-corrected chi connectivity index (χ1v) is 4.36. The minimum atomic E-state index is 0.944. The Morgan fingerprint density at radius 1 is 1.50 bits per heavy atom. The van der Waals surface area contributed by atoms with Gasteiger partial charge in [-0.1, -0.05) is 12.7 Å². The fourth-order valence-corrected chi connectivity index (χ4v) is 1.69. The molecule has 0 aliphatic heterocycles. The first kappa shape index (κ1) is 7.55. The Bertz CT molecular complexity index is 431. The van der Waals surface area contributed by atoms with Crippen molar-refractivity contribution in [3.63, 3.8) is 0 Å². The van der Waals surface area contributed by atoms with Gasteiger partial charge in [-0.05, 0) is 39.7 Å². The van der Waals surface area contributed by atoms with Gasteiger partial charge in [-0.3, -0.25) is 0 Å². The third kappa shape index (κ3) is 1.06. The molecule has 0 atom stereocenters. The van der Waals surface area contributed by atoms with Gasteiger partial charge in [-0.15, -0.1) is 0 Å². The highest BCUT2D eigenvalue weighted by Crippen LogP contribution is 2.16. The second kappa shape index (κ2) is 2.75. The molecule has 3 heteroatoms. The van der Waals surface area contributed by atoms with Crippen LogP contribution in [0.2, 0.25) is 0 Å². The summed E-state index contributed by atoms with van der Waals surface area (Å²) >= 11 is 3.42. The van der Waals surface area contributed by atoms with Gasteiger partial charge in [0.05, 0.1) is 11.7 Å². The molecule has 0 unspecified atom stereocenters. The van der Waals surface area contributed by atoms with Crippen LogP contribution < -0.4 is 0 Å². The number of aromatic nitrogens is 2. The van der Waals surface area contributed by atoms with E-state index in [0.717, 1.165) is 15.7 Å². The maximum absolute atomic E-state index is 4.13. The summed E-state index contributed by atoms with van der Waals surface area (Å²) in [5.41, 5.74) is 2.16. The van der Waals surface area contributed by atoms with Crippen LogP contribution in [0.25, 0.3) is 11.6 Å². The van der Waals surface area contributed by atoms with Gasteiger partial charge >= 0.3 is 0 Å². The molecule has 2 aromatic rings. The fourth-order valence-electron chi connectivity index (χ4n) is 1.13. The molecule has 0 aliphatic carbocycles. The van der Waals surface area contributed by atoms with Crippen LogP contribution in [0.3, 0.4) is 0 Å². The third-order valence-electron chi connectivity index (χ3n) is 1.71. The average Bonchev–Trinajstić information content (AvgIpc) is 2.52. The minimum absolute atomic E-state index is 0.944. The molecule has 2 heterocycles. The topological polar surface area (TPSA) is 17.3 Å². The quantitative estimate of drug-likeness (QED) is 0.679. The van der Waals surface area contributed by atoms with E-state index >= 15 is 0 Å². The molecule has 0 aliphatic rings. The van der Waals surface area contributed by atoms with Crippen molar-refractivity contribution in [3.8, 4) is 0 Å². The first-order valence-electron chi connectivity index (χ1n) is 3.57. The van der Waals surface area contributed by atoms with Crippen LogP contribution in [0.5, 0.6) is 0 Å². The molecule has 0 bridgehead atoms. The van der Waals surface area contributed by atoms with Crippen LogP contribution in [0, 0.1) is 0 Å². The molecule has 0 N–H and O–H groups in total. The summed E-state index contributed by atoms with van der Waals surface area (Å²) in [7, 11) is 0. The highest BCUT2D eigenvalue weighted by atomic mass is 79.9. The second-order valence-electron chi connectivity index (χ2n) is 2.48. The van der Waals surface area contributed by atoms with E-state index in [1.165, 1.54) is 0 Å². The van der Waals surface area contributed by atoms with E-state index in [2.05, 4.69) is 27.6 Å². The lowest BCUT2D eigenvalue weighted by atomic mass is 10.2. The Hall–Kier alpha value is -1.09. The van der Waals surface area contributed by atoms with Crippen molar-refractivity contribution >= 4 is 27.5 Å². The maximum atomic E-state index is 4.13. The van der Waals surface area contributed by atoms with Crippen LogP contribution >= 0.6 is 15.9 Å². The van der Waals surface area contributed by atoms with Crippen molar-refractivity contribution in [2.24, 2.45) is 0 Å². The van der Waals surface area contributed by atoms with Gasteiger partial charge in [-0.25, -0.2) is 4.52 Å². The number of pyridine rings is 1. The van der Waals surface area contributed by atoms with E-state index in [4.69, 9.17) is 0 Å². The van der Waals surface area contributed by atoms with Crippen molar-refractivity contribution in [2.75, 3.05) is 0 Å². The molecule has 0 fully saturated rings. The monoisotopic (exact) mass is 222 g/mol. The van der Waals surface area contributed by atoms with Crippen molar-refractivity contribution in [2.45, 2.75) is 0 Å². The van der Waals surface area contributed by atoms with Crippen molar-refractivity contribution in [1.82, 2.24) is 9.61 Å². The lowest BCUT2D eigenvalue weighted by Crippen LogP contribution is -1.89. The van der Waals surface area contributed by atoms with Gasteiger partial charge < -0.3 is 0 Å². The Morgan fingerprint density at radius 2 is 2.33 bits per heavy atom. The molecule has 2 nitrogen and oxygen atoms in total. The van der Waals surface area contributed by atoms with Gasteiger partial charge in [0.15, 0.2) is 0 Å². The smallest absolute Gasteiger partial charge is 0.108 e. The zero-order valence-corrected chi connectivity index (χ0v) is 7.95. The Kier molecular flexibility index (Phi) is 1.73. The molecule has 0 saturated heterocycles. The van der Waals surface area contributed by atoms with Gasteiger partial charge in [0.2, 0.25) is 0 Å². The predicted octanol–water partition coefficient (Wildman–Crippen LogP) is 2.74. The zero-order valence-electron chi connectivity index (χ0n) is 6.37. The summed E-state index contributed by atoms with van der Waals surface area (Å²) in [6, 6.07) is 5.97. The zero-order chi connectivity index (χ0) is 8.55. The van der Waals surface area contributed by atoms with E-state index in [1.54, 1.807) is 6.20 Å². The molecular weight excluding hydrogens is 216 g/mol. The summed E-state index contributed by atoms with van der Waals surface area (Å²) in [5, 5.41) is 4.13. The summed E-state index contributed by atoms with van der Waals surface area (Å²) in [6.07, 6.45) is 3.59. The summed E-state index contributed by atoms with van der Waals surface area (Å²) in [4.78, 5) is 0. The molecule has 0 amide bonds. The summed E-state index contributed by atoms with van der Waals surface area (Å²) < 4.78 is 2.77. The number of nitrogens with zero attached hydrogens (tertiary/aromatic N) is 2. The average molecular weight is 223 g/mol. The third-order valence-corrected chi connectivity index (χ3v) is 2.28. The van der Waals surface area contributed by atoms with Gasteiger partial charge in [0, 0.05) is 0 Å². The Morgan fingerprint density at radius 3 is 3.08 bits per heavy atom. The second-order valence-corrected chi connectivity index (χ2v) is 3.30. The molecule has 60 valence electrons. The minimum Gasteiger partial charge on any atom is -0.227 e. The van der Waals surface area contributed by atoms with E-state index in [0.29, 0.717) is 0 Å². The van der Waals surface area contributed by atoms with Crippen molar-refractivity contribution < 1.29 is 0 Å². The van der Waals surface area contributed by atoms with E-state index in [-0.39, 0.29) is 0 Å². The molecule has 12 heavy (non-hydrogen) atoms. The van der Waals surface area contributed by atoms with Gasteiger partial charge in [0.1, 0.15) is 4.60 Å². The lowest BCUT2D eigenvalue weighted by molar-refractivity contribution is 0.934.